The van der Waals surface area contributed by atoms with E-state index >= 15 is 0 Å². The number of aromatic nitrogens is 1. The number of hydrogen-bond acceptors (Lipinski definition) is 10. The first kappa shape index (κ1) is 21.5. The van der Waals surface area contributed by atoms with Gasteiger partial charge in [-0.05, 0) is 19.1 Å². The zero-order chi connectivity index (χ0) is 22.0. The molecule has 0 aliphatic heterocycles. The van der Waals surface area contributed by atoms with E-state index in [0.717, 1.165) is 9.83 Å². The highest BCUT2D eigenvalue weighted by molar-refractivity contribution is 7.29. The van der Waals surface area contributed by atoms with Crippen LogP contribution in [-0.2, 0) is 9.53 Å². The summed E-state index contributed by atoms with van der Waals surface area (Å²) in [5.74, 6) is -1.05. The first-order valence-corrected chi connectivity index (χ1v) is 10.2. The van der Waals surface area contributed by atoms with Gasteiger partial charge in [-0.15, -0.1) is 11.3 Å². The topological polar surface area (TPSA) is 124 Å². The van der Waals surface area contributed by atoms with Crippen molar-refractivity contribution in [3.63, 3.8) is 0 Å². The Morgan fingerprint density at radius 2 is 2.00 bits per heavy atom. The highest BCUT2D eigenvalue weighted by Crippen LogP contribution is 2.34. The third kappa shape index (κ3) is 4.49. The zero-order valence-corrected chi connectivity index (χ0v) is 18.1. The molecule has 1 atom stereocenters. The standard InChI is InChI=1S/C18H18N4O6S2/c1-9(15(23)19-11-7-10(22(25)26)5-6-12(11)27-4)28-17(24)14-8-13-16(29-14)20-18(30-13)21(2)3/h5-9H,1-4H3,(H,19,23). The molecule has 0 aliphatic carbocycles. The Morgan fingerprint density at radius 1 is 1.27 bits per heavy atom. The summed E-state index contributed by atoms with van der Waals surface area (Å²) in [4.78, 5) is 42.6. The zero-order valence-electron chi connectivity index (χ0n) is 16.5. The summed E-state index contributed by atoms with van der Waals surface area (Å²) in [5.41, 5.74) is -0.101. The number of non-ortho nitro benzene ring substituents is 1. The van der Waals surface area contributed by atoms with E-state index in [-0.39, 0.29) is 17.1 Å². The number of thiophene rings is 1. The average molecular weight is 450 g/mol. The van der Waals surface area contributed by atoms with Gasteiger partial charge >= 0.3 is 5.97 Å². The Morgan fingerprint density at radius 3 is 2.60 bits per heavy atom. The molecule has 2 heterocycles. The molecule has 30 heavy (non-hydrogen) atoms. The predicted molar refractivity (Wildman–Crippen MR) is 115 cm³/mol. The van der Waals surface area contributed by atoms with E-state index in [1.54, 1.807) is 6.07 Å². The minimum Gasteiger partial charge on any atom is -0.495 e. The number of rotatable bonds is 7. The number of fused-ring (bicyclic) bond motifs is 1. The van der Waals surface area contributed by atoms with Gasteiger partial charge in [-0.2, -0.15) is 0 Å². The molecular formula is C18H18N4O6S2. The number of hydrogen-bond donors (Lipinski definition) is 1. The van der Waals surface area contributed by atoms with Crippen LogP contribution in [0.15, 0.2) is 24.3 Å². The minimum atomic E-state index is -1.13. The lowest BCUT2D eigenvalue weighted by atomic mass is 10.2. The summed E-state index contributed by atoms with van der Waals surface area (Å²) in [7, 11) is 5.14. The van der Waals surface area contributed by atoms with Gasteiger partial charge < -0.3 is 19.7 Å². The molecule has 0 saturated carbocycles. The number of esters is 1. The maximum absolute atomic E-state index is 12.4. The van der Waals surface area contributed by atoms with Gasteiger partial charge in [0.05, 0.1) is 22.4 Å². The van der Waals surface area contributed by atoms with Crippen LogP contribution in [0.2, 0.25) is 0 Å². The lowest BCUT2D eigenvalue weighted by Gasteiger charge is -2.14. The van der Waals surface area contributed by atoms with Gasteiger partial charge in [0.25, 0.3) is 11.6 Å². The number of nitrogens with zero attached hydrogens (tertiary/aromatic N) is 3. The van der Waals surface area contributed by atoms with Gasteiger partial charge in [0, 0.05) is 26.2 Å². The third-order valence-corrected chi connectivity index (χ3v) is 6.27. The quantitative estimate of drug-likeness (QED) is 0.329. The molecule has 0 saturated heterocycles. The molecule has 0 bridgehead atoms. The Balaban J connectivity index is 1.69. The summed E-state index contributed by atoms with van der Waals surface area (Å²) in [5, 5.41) is 14.3. The fourth-order valence-electron chi connectivity index (χ4n) is 2.43. The minimum absolute atomic E-state index is 0.108. The molecule has 1 unspecified atom stereocenters. The second-order valence-electron chi connectivity index (χ2n) is 6.35. The summed E-state index contributed by atoms with van der Waals surface area (Å²) >= 11 is 2.63. The number of nitro groups is 1. The van der Waals surface area contributed by atoms with Crippen LogP contribution in [0, 0.1) is 10.1 Å². The Labute approximate surface area is 179 Å². The number of ether oxygens (including phenoxy) is 2. The van der Waals surface area contributed by atoms with Gasteiger partial charge in [0.2, 0.25) is 0 Å². The predicted octanol–water partition coefficient (Wildman–Crippen LogP) is 3.52. The van der Waals surface area contributed by atoms with Crippen LogP contribution in [-0.4, -0.2) is 49.1 Å². The lowest BCUT2D eigenvalue weighted by molar-refractivity contribution is -0.384. The van der Waals surface area contributed by atoms with Crippen molar-refractivity contribution < 1.29 is 24.0 Å². The summed E-state index contributed by atoms with van der Waals surface area (Å²) in [6.45, 7) is 1.41. The number of benzene rings is 1. The SMILES string of the molecule is COc1ccc([N+](=O)[O-])cc1NC(=O)C(C)OC(=O)c1cc2sc(N(C)C)nc2s1. The van der Waals surface area contributed by atoms with E-state index in [9.17, 15) is 19.7 Å². The largest absolute Gasteiger partial charge is 0.495 e. The van der Waals surface area contributed by atoms with Gasteiger partial charge in [-0.1, -0.05) is 11.3 Å². The molecule has 1 aromatic carbocycles. The number of nitrogens with one attached hydrogen (secondary N) is 1. The summed E-state index contributed by atoms with van der Waals surface area (Å²) in [6, 6.07) is 5.49. The van der Waals surface area contributed by atoms with E-state index in [1.165, 1.54) is 54.9 Å². The van der Waals surface area contributed by atoms with Crippen molar-refractivity contribution in [3.8, 4) is 5.75 Å². The Kier molecular flexibility index (Phi) is 6.17. The van der Waals surface area contributed by atoms with Crippen LogP contribution in [0.25, 0.3) is 9.53 Å². The number of carbonyl (C=O) groups is 2. The first-order chi connectivity index (χ1) is 14.2. The van der Waals surface area contributed by atoms with E-state index in [2.05, 4.69) is 10.3 Å². The maximum Gasteiger partial charge on any atom is 0.349 e. The van der Waals surface area contributed by atoms with Gasteiger partial charge in [0.15, 0.2) is 11.2 Å². The molecule has 3 aromatic rings. The summed E-state index contributed by atoms with van der Waals surface area (Å²) < 4.78 is 11.2. The van der Waals surface area contributed by atoms with Crippen LogP contribution in [0.1, 0.15) is 16.6 Å². The fourth-order valence-corrected chi connectivity index (χ4v) is 4.45. The number of amides is 1. The van der Waals surface area contributed by atoms with Crippen molar-refractivity contribution in [1.29, 1.82) is 0 Å². The molecule has 1 amide bonds. The molecule has 12 heteroatoms. The maximum atomic E-state index is 12.4. The number of carbonyl (C=O) groups excluding carboxylic acids is 2. The first-order valence-electron chi connectivity index (χ1n) is 8.61. The van der Waals surface area contributed by atoms with Crippen molar-refractivity contribution in [3.05, 3.63) is 39.3 Å². The molecule has 158 valence electrons. The molecule has 0 spiro atoms. The van der Waals surface area contributed by atoms with Crippen LogP contribution in [0.5, 0.6) is 5.75 Å². The highest BCUT2D eigenvalue weighted by Gasteiger charge is 2.23. The average Bonchev–Trinajstić information content (AvgIpc) is 3.27. The number of thiazole rings is 1. The Bertz CT molecular complexity index is 1090. The van der Waals surface area contributed by atoms with Crippen LogP contribution < -0.4 is 15.0 Å². The molecular weight excluding hydrogens is 432 g/mol. The highest BCUT2D eigenvalue weighted by atomic mass is 32.1. The van der Waals surface area contributed by atoms with E-state index < -0.39 is 22.9 Å². The molecule has 0 fully saturated rings. The third-order valence-electron chi connectivity index (χ3n) is 3.97. The van der Waals surface area contributed by atoms with E-state index in [4.69, 9.17) is 9.47 Å². The molecule has 10 nitrogen and oxygen atoms in total. The van der Waals surface area contributed by atoms with Crippen molar-refractivity contribution in [2.45, 2.75) is 13.0 Å². The van der Waals surface area contributed by atoms with Gasteiger partial charge in [-0.3, -0.25) is 14.9 Å². The molecule has 3 rings (SSSR count). The molecule has 1 N–H and O–H groups in total. The Hall–Kier alpha value is -3.25. The second kappa shape index (κ2) is 8.63. The van der Waals surface area contributed by atoms with Crippen LogP contribution in [0.4, 0.5) is 16.5 Å². The van der Waals surface area contributed by atoms with Crippen molar-refractivity contribution in [2.24, 2.45) is 0 Å². The normalized spacial score (nSPS) is 11.7. The second-order valence-corrected chi connectivity index (χ2v) is 8.39. The van der Waals surface area contributed by atoms with Gasteiger partial charge in [-0.25, -0.2) is 9.78 Å². The van der Waals surface area contributed by atoms with Crippen molar-refractivity contribution in [1.82, 2.24) is 4.98 Å². The number of methoxy groups -OCH3 is 1. The fraction of sp³-hybridized carbons (Fsp3) is 0.278. The van der Waals surface area contributed by atoms with Crippen molar-refractivity contribution in [2.75, 3.05) is 31.4 Å². The number of anilines is 2. The van der Waals surface area contributed by atoms with Gasteiger partial charge in [0.1, 0.15) is 15.5 Å². The van der Waals surface area contributed by atoms with Crippen LogP contribution in [0.3, 0.4) is 0 Å². The van der Waals surface area contributed by atoms with Crippen molar-refractivity contribution >= 4 is 60.6 Å². The lowest BCUT2D eigenvalue weighted by Crippen LogP contribution is -2.30. The van der Waals surface area contributed by atoms with Crippen LogP contribution >= 0.6 is 22.7 Å². The number of nitro benzene ring substituents is 1. The smallest absolute Gasteiger partial charge is 0.349 e. The molecule has 0 aliphatic rings. The van der Waals surface area contributed by atoms with E-state index in [1.807, 2.05) is 19.0 Å². The van der Waals surface area contributed by atoms with E-state index in [0.29, 0.717) is 9.71 Å². The monoisotopic (exact) mass is 450 g/mol. The molecule has 0 radical (unpaired) electrons. The summed E-state index contributed by atoms with van der Waals surface area (Å²) in [6.07, 6.45) is -1.13. The molecule has 2 aromatic heterocycles.